The number of esters is 1. The van der Waals surface area contributed by atoms with Gasteiger partial charge in [0.15, 0.2) is 56.2 Å². The van der Waals surface area contributed by atoms with Gasteiger partial charge in [0.25, 0.3) is 0 Å². The average molecular weight is 1630 g/mol. The molecule has 8 saturated heterocycles. The van der Waals surface area contributed by atoms with E-state index in [0.717, 1.165) is 11.9 Å². The maximum atomic E-state index is 15.8. The summed E-state index contributed by atoms with van der Waals surface area (Å²) in [7, 11) is 0. The first kappa shape index (κ1) is 87.8. The van der Waals surface area contributed by atoms with Crippen LogP contribution < -0.4 is 0 Å². The number of aliphatic carboxylic acids is 1. The van der Waals surface area contributed by atoms with Gasteiger partial charge in [-0.1, -0.05) is 53.2 Å². The van der Waals surface area contributed by atoms with Crippen molar-refractivity contribution in [2.75, 3.05) is 33.0 Å². The highest BCUT2D eigenvalue weighted by Gasteiger charge is 2.72. The second-order valence-electron chi connectivity index (χ2n) is 35.4. The van der Waals surface area contributed by atoms with Crippen molar-refractivity contribution in [2.45, 2.75) is 347 Å². The fraction of sp³-hybridized carbons (Fsp3) is 0.932. The Hall–Kier alpha value is -3.01. The molecule has 0 aromatic carbocycles. The van der Waals surface area contributed by atoms with Crippen LogP contribution in [-0.2, 0) is 90.2 Å². The van der Waals surface area contributed by atoms with Crippen LogP contribution in [0.15, 0.2) is 11.6 Å². The molecule has 0 bridgehead atoms. The lowest BCUT2D eigenvalue weighted by Gasteiger charge is -2.71. The Morgan fingerprint density at radius 1 is 0.460 bits per heavy atom. The van der Waals surface area contributed by atoms with Crippen LogP contribution >= 0.6 is 0 Å². The molecule has 0 spiro atoms. The van der Waals surface area contributed by atoms with Crippen LogP contribution in [-0.4, -0.2) is 381 Å². The maximum absolute atomic E-state index is 15.8. The molecule has 12 fully saturated rings. The van der Waals surface area contributed by atoms with Gasteiger partial charge in [0, 0.05) is 0 Å². The van der Waals surface area contributed by atoms with Gasteiger partial charge in [0.05, 0.1) is 62.2 Å². The van der Waals surface area contributed by atoms with Crippen molar-refractivity contribution >= 4 is 18.2 Å². The first-order chi connectivity index (χ1) is 53.1. The summed E-state index contributed by atoms with van der Waals surface area (Å²) >= 11 is 0. The minimum Gasteiger partial charge on any atom is -0.479 e. The maximum Gasteiger partial charge on any atom is 0.335 e. The highest BCUT2D eigenvalue weighted by Crippen LogP contribution is 2.76. The molecule has 45 atom stereocenters. The SMILES string of the molecule is C[C@@H]1O[C@@H](O[C@H]2[C@H](OC(=O)[C@]34CCC(C)(C)C[C@H]3C3=CC[C@@H]5[C@@]6(C)CC[C@H](O[C@@H]7O[C@H](C(=O)O)[C@@H](O)[C@H](O[C@@H]8OC[C@@H](O)[C@H](O)[C@H]8O)[C@H]7O[C@@H]7O[C@H](CO)[C@H](O)[C@H](O)[C@H]7O)[C@@](C)(C=O)[C@@H]6CC[C@@]5(C)[C@]3(C)CC4)O[C@H](C)[C@H](O)[C@@H]2O)[C@H](O)[C@H](O)[C@H]1O[C@@H]1OC[C@@H](O)[C@H](O[C@@H]2OC[C@H](O[C@@H]3OC[C@H](O)[C@H](O)[C@H]3O)[C@H](O)[C@H]2O)[C@H]1O. The first-order valence-corrected chi connectivity index (χ1v) is 39.2. The molecular weight excluding hydrogens is 1510 g/mol. The number of aliphatic hydroxyl groups is 19. The lowest BCUT2D eigenvalue weighted by Crippen LogP contribution is -2.68. The molecule has 646 valence electrons. The number of aliphatic hydroxyl groups excluding tert-OH is 19. The smallest absolute Gasteiger partial charge is 0.335 e. The Morgan fingerprint density at radius 3 is 1.63 bits per heavy atom. The average Bonchev–Trinajstić information content (AvgIpc) is 0.673. The Labute approximate surface area is 650 Å². The number of allylic oxidation sites excluding steroid dienone is 2. The van der Waals surface area contributed by atoms with E-state index in [1.807, 2.05) is 0 Å². The third-order valence-corrected chi connectivity index (χ3v) is 28.2. The number of ether oxygens (including phenoxy) is 16. The standard InChI is InChI=1S/C74H116O39/c1-26-38(80)44(86)57(111-64-50(92)45(87)53(27(2)103-64)107-63-52(94)54(32(79)23-100-63)108-62-48(90)42(84)34(24-101-62)105-60-46(88)39(81)30(77)21-98-60)66(102-26)113-68(97)74-17-15-69(3,4)19-29(74)28-9-10-36-70(5)13-12-37(71(6,25-76)35(70)11-14-73(36,8)72(28,7)16-18-74)106-67-58(112-65-49(91)43(85)41(83)33(20-75)104-65)55(51(93)56(110-67)59(95)96)109-61-47(89)40(82)31(78)22-99-61/h9,25-27,29-58,60-67,75,77-94H,10-24H2,1-8H3,(H,95,96)/t26-,27+,29+,30+,31-,32-,33-,34+,35-,36-,37+,38+,39+,40+,41+,42+,43+,44+,45+,46-,47-,48-,49-,50-,51+,52-,53+,54+,55+,56+,57-,58-,60+,61+,62+,63+,64+,65+,66+,67-,70+,71+,72-,73-,74+/m1/s1. The van der Waals surface area contributed by atoms with Crippen LogP contribution in [0.1, 0.15) is 120 Å². The minimum absolute atomic E-state index is 0.118. The Balaban J connectivity index is 0.696. The Kier molecular flexibility index (Phi) is 26.0. The van der Waals surface area contributed by atoms with Gasteiger partial charge in [-0.3, -0.25) is 4.79 Å². The van der Waals surface area contributed by atoms with Crippen LogP contribution in [0.4, 0.5) is 0 Å². The van der Waals surface area contributed by atoms with Crippen LogP contribution in [0.2, 0.25) is 0 Å². The van der Waals surface area contributed by atoms with Crippen molar-refractivity contribution in [3.8, 4) is 0 Å². The van der Waals surface area contributed by atoms with E-state index in [1.54, 1.807) is 6.92 Å². The molecule has 8 aliphatic heterocycles. The molecule has 8 heterocycles. The number of carboxylic acid groups (broad SMARTS) is 1. The van der Waals surface area contributed by atoms with E-state index in [-0.39, 0.29) is 17.8 Å². The molecule has 0 unspecified atom stereocenters. The largest absolute Gasteiger partial charge is 0.479 e. The molecule has 0 aromatic rings. The summed E-state index contributed by atoms with van der Waals surface area (Å²) < 4.78 is 95.2. The first-order valence-electron chi connectivity index (χ1n) is 39.2. The fourth-order valence-corrected chi connectivity index (χ4v) is 21.1. The third-order valence-electron chi connectivity index (χ3n) is 28.2. The Bertz CT molecular complexity index is 3320. The van der Waals surface area contributed by atoms with Gasteiger partial charge < -0.3 is 183 Å². The quantitative estimate of drug-likeness (QED) is 0.0247. The van der Waals surface area contributed by atoms with E-state index >= 15 is 4.79 Å². The summed E-state index contributed by atoms with van der Waals surface area (Å²) in [6, 6.07) is 0. The predicted octanol–water partition coefficient (Wildman–Crippen LogP) is -6.86. The van der Waals surface area contributed by atoms with Crippen LogP contribution in [0.5, 0.6) is 0 Å². The zero-order valence-corrected chi connectivity index (χ0v) is 64.1. The van der Waals surface area contributed by atoms with Gasteiger partial charge in [-0.05, 0) is 117 Å². The van der Waals surface area contributed by atoms with E-state index in [4.69, 9.17) is 75.8 Å². The van der Waals surface area contributed by atoms with Crippen molar-refractivity contribution in [1.29, 1.82) is 0 Å². The number of aldehydes is 1. The molecule has 0 radical (unpaired) electrons. The molecule has 13 aliphatic rings. The van der Waals surface area contributed by atoms with E-state index in [0.29, 0.717) is 57.8 Å². The molecule has 20 N–H and O–H groups in total. The molecular formula is C74H116O39. The zero-order chi connectivity index (χ0) is 82.2. The van der Waals surface area contributed by atoms with Gasteiger partial charge in [0.1, 0.15) is 153 Å². The van der Waals surface area contributed by atoms with Crippen molar-refractivity contribution in [1.82, 2.24) is 0 Å². The predicted molar refractivity (Wildman–Crippen MR) is 367 cm³/mol. The summed E-state index contributed by atoms with van der Waals surface area (Å²) in [6.07, 6.45) is -57.5. The molecule has 0 amide bonds. The zero-order valence-electron chi connectivity index (χ0n) is 64.1. The van der Waals surface area contributed by atoms with Crippen molar-refractivity contribution in [2.24, 2.45) is 50.2 Å². The topological polar surface area (TPSA) is 603 Å². The summed E-state index contributed by atoms with van der Waals surface area (Å²) in [5.41, 5.74) is -3.54. The van der Waals surface area contributed by atoms with Gasteiger partial charge in [0.2, 0.25) is 6.29 Å². The van der Waals surface area contributed by atoms with Gasteiger partial charge in [-0.2, -0.15) is 0 Å². The molecule has 39 nitrogen and oxygen atoms in total. The van der Waals surface area contributed by atoms with Crippen LogP contribution in [0, 0.1) is 50.2 Å². The number of hydrogen-bond donors (Lipinski definition) is 20. The summed E-state index contributed by atoms with van der Waals surface area (Å²) in [5.74, 6) is -3.37. The highest BCUT2D eigenvalue weighted by atomic mass is 16.8. The normalized spacial score (nSPS) is 54.8. The lowest BCUT2D eigenvalue weighted by atomic mass is 9.33. The second-order valence-corrected chi connectivity index (χ2v) is 35.4. The molecule has 39 heteroatoms. The molecule has 5 aliphatic carbocycles. The van der Waals surface area contributed by atoms with Crippen LogP contribution in [0.3, 0.4) is 0 Å². The van der Waals surface area contributed by atoms with Gasteiger partial charge >= 0.3 is 11.9 Å². The number of hydrogen-bond acceptors (Lipinski definition) is 38. The highest BCUT2D eigenvalue weighted by molar-refractivity contribution is 5.79. The minimum atomic E-state index is -2.21. The van der Waals surface area contributed by atoms with Crippen molar-refractivity contribution in [3.05, 3.63) is 11.6 Å². The number of rotatable bonds is 19. The third kappa shape index (κ3) is 15.6. The summed E-state index contributed by atoms with van der Waals surface area (Å²) in [6.45, 7) is 12.6. The number of fused-ring (bicyclic) bond motifs is 7. The molecule has 113 heavy (non-hydrogen) atoms. The summed E-state index contributed by atoms with van der Waals surface area (Å²) in [5, 5.41) is 219. The number of carboxylic acids is 1. The number of carbonyl (C=O) groups excluding carboxylic acids is 2. The van der Waals surface area contributed by atoms with E-state index in [1.165, 1.54) is 13.8 Å². The van der Waals surface area contributed by atoms with Gasteiger partial charge in [-0.25, -0.2) is 4.79 Å². The van der Waals surface area contributed by atoms with E-state index < -0.39 is 311 Å². The lowest BCUT2D eigenvalue weighted by molar-refractivity contribution is -0.391. The van der Waals surface area contributed by atoms with Crippen molar-refractivity contribution in [3.63, 3.8) is 0 Å². The van der Waals surface area contributed by atoms with E-state index in [2.05, 4.69) is 40.7 Å². The molecule has 13 rings (SSSR count). The Morgan fingerprint density at radius 2 is 0.991 bits per heavy atom. The van der Waals surface area contributed by atoms with Crippen LogP contribution in [0.25, 0.3) is 0 Å². The molecule has 4 saturated carbocycles. The monoisotopic (exact) mass is 1630 g/mol. The van der Waals surface area contributed by atoms with Crippen molar-refractivity contribution < 1.29 is 192 Å². The summed E-state index contributed by atoms with van der Waals surface area (Å²) in [4.78, 5) is 43.1. The fourth-order valence-electron chi connectivity index (χ4n) is 21.1. The second kappa shape index (κ2) is 33.4. The molecule has 0 aromatic heterocycles. The number of carbonyl (C=O) groups is 3. The van der Waals surface area contributed by atoms with E-state index in [9.17, 15) is 112 Å². The van der Waals surface area contributed by atoms with Gasteiger partial charge in [-0.15, -0.1) is 0 Å².